The van der Waals surface area contributed by atoms with Crippen LogP contribution in [0.2, 0.25) is 0 Å². The third-order valence-electron chi connectivity index (χ3n) is 5.63. The number of aromatic nitrogens is 1. The molecule has 2 aromatic carbocycles. The second kappa shape index (κ2) is 10.2. The predicted molar refractivity (Wildman–Crippen MR) is 129 cm³/mol. The quantitative estimate of drug-likeness (QED) is 0.432. The Morgan fingerprint density at radius 1 is 1.15 bits per heavy atom. The van der Waals surface area contributed by atoms with Crippen LogP contribution in [0.25, 0.3) is 0 Å². The number of hydrogen-bond donors (Lipinski definition) is 1. The average molecular weight is 460 g/mol. The zero-order valence-electron chi connectivity index (χ0n) is 18.9. The maximum atomic E-state index is 13.3. The first-order valence-corrected chi connectivity index (χ1v) is 11.0. The molecule has 7 heteroatoms. The molecule has 2 heterocycles. The fraction of sp³-hybridized carbons (Fsp3) is 0.185. The molecule has 1 aliphatic heterocycles. The summed E-state index contributed by atoms with van der Waals surface area (Å²) < 4.78 is 24.8. The number of ether oxygens (including phenoxy) is 2. The molecule has 0 aliphatic carbocycles. The topological polar surface area (TPSA) is 77.7 Å². The summed E-state index contributed by atoms with van der Waals surface area (Å²) in [6.07, 6.45) is 6.62. The second-order valence-electron chi connectivity index (χ2n) is 8.04. The van der Waals surface area contributed by atoms with E-state index in [4.69, 9.17) is 15.2 Å². The maximum Gasteiger partial charge on any atom is 0.254 e. The van der Waals surface area contributed by atoms with Gasteiger partial charge in [-0.2, -0.15) is 0 Å². The molecular formula is C27H26FN3O3. The third-order valence-corrected chi connectivity index (χ3v) is 5.63. The molecule has 1 unspecified atom stereocenters. The molecule has 4 rings (SSSR count). The van der Waals surface area contributed by atoms with E-state index < -0.39 is 5.91 Å². The average Bonchev–Trinajstić information content (AvgIpc) is 3.31. The van der Waals surface area contributed by atoms with E-state index >= 15 is 0 Å². The Balaban J connectivity index is 1.47. The minimum atomic E-state index is -0.608. The minimum absolute atomic E-state index is 0.142. The number of halogens is 1. The summed E-state index contributed by atoms with van der Waals surface area (Å²) in [5.74, 6) is 0.749. The van der Waals surface area contributed by atoms with Crippen molar-refractivity contribution in [1.82, 2.24) is 9.88 Å². The normalized spacial score (nSPS) is 15.5. The van der Waals surface area contributed by atoms with E-state index in [9.17, 15) is 9.18 Å². The van der Waals surface area contributed by atoms with Crippen LogP contribution in [0.5, 0.6) is 23.1 Å². The first-order chi connectivity index (χ1) is 16.4. The van der Waals surface area contributed by atoms with E-state index in [1.165, 1.54) is 12.1 Å². The van der Waals surface area contributed by atoms with Crippen molar-refractivity contribution < 1.29 is 18.7 Å². The highest BCUT2D eigenvalue weighted by Crippen LogP contribution is 2.33. The largest absolute Gasteiger partial charge is 0.457 e. The van der Waals surface area contributed by atoms with Gasteiger partial charge in [0, 0.05) is 37.0 Å². The zero-order valence-corrected chi connectivity index (χ0v) is 18.9. The Hall–Kier alpha value is -4.13. The molecule has 1 fully saturated rings. The molecule has 6 nitrogen and oxygen atoms in total. The second-order valence-corrected chi connectivity index (χ2v) is 8.04. The highest BCUT2D eigenvalue weighted by Gasteiger charge is 2.26. The first-order valence-electron chi connectivity index (χ1n) is 11.0. The summed E-state index contributed by atoms with van der Waals surface area (Å²) in [5.41, 5.74) is 7.77. The van der Waals surface area contributed by atoms with Gasteiger partial charge in [0.25, 0.3) is 5.91 Å². The zero-order chi connectivity index (χ0) is 24.1. The maximum absolute atomic E-state index is 13.3. The molecule has 1 aliphatic rings. The first kappa shape index (κ1) is 23.0. The summed E-state index contributed by atoms with van der Waals surface area (Å²) in [7, 11) is 0. The number of amides is 1. The van der Waals surface area contributed by atoms with Crippen molar-refractivity contribution in [3.8, 4) is 23.1 Å². The Bertz CT molecular complexity index is 1220. The SMILES string of the molecule is C=C(/C=C/C)N1CCC(c2cnc(Oc3ccc(Oc4cccc(F)c4)cc3)c(C(N)=O)c2)C1. The molecule has 0 radical (unpaired) electrons. The van der Waals surface area contributed by atoms with Gasteiger partial charge in [0.2, 0.25) is 5.88 Å². The molecule has 1 atom stereocenters. The molecule has 1 saturated heterocycles. The minimum Gasteiger partial charge on any atom is -0.457 e. The molecule has 2 N–H and O–H groups in total. The fourth-order valence-corrected chi connectivity index (χ4v) is 3.89. The lowest BCUT2D eigenvalue weighted by Gasteiger charge is -2.19. The Morgan fingerprint density at radius 2 is 1.88 bits per heavy atom. The van der Waals surface area contributed by atoms with E-state index in [-0.39, 0.29) is 23.2 Å². The number of pyridine rings is 1. The summed E-state index contributed by atoms with van der Waals surface area (Å²) in [6, 6.07) is 14.4. The highest BCUT2D eigenvalue weighted by molar-refractivity contribution is 5.95. The van der Waals surface area contributed by atoms with Crippen LogP contribution in [0.4, 0.5) is 4.39 Å². The number of carbonyl (C=O) groups excluding carboxylic acids is 1. The number of primary amides is 1. The van der Waals surface area contributed by atoms with Gasteiger partial charge in [-0.15, -0.1) is 0 Å². The third kappa shape index (κ3) is 5.43. The van der Waals surface area contributed by atoms with E-state index in [0.717, 1.165) is 30.8 Å². The molecule has 0 bridgehead atoms. The van der Waals surface area contributed by atoms with Crippen LogP contribution in [0.15, 0.2) is 85.2 Å². The van der Waals surface area contributed by atoms with Crippen molar-refractivity contribution in [2.24, 2.45) is 5.73 Å². The smallest absolute Gasteiger partial charge is 0.254 e. The number of benzene rings is 2. The van der Waals surface area contributed by atoms with Gasteiger partial charge in [-0.3, -0.25) is 4.79 Å². The van der Waals surface area contributed by atoms with Crippen LogP contribution in [-0.2, 0) is 0 Å². The number of nitrogens with two attached hydrogens (primary N) is 1. The van der Waals surface area contributed by atoms with Crippen LogP contribution in [0.3, 0.4) is 0 Å². The van der Waals surface area contributed by atoms with Crippen molar-refractivity contribution in [3.63, 3.8) is 0 Å². The van der Waals surface area contributed by atoms with Gasteiger partial charge in [-0.25, -0.2) is 9.37 Å². The Morgan fingerprint density at radius 3 is 2.56 bits per heavy atom. The predicted octanol–water partition coefficient (Wildman–Crippen LogP) is 5.78. The standard InChI is InChI=1S/C27H26FN3O3/c1-3-5-18(2)31-13-12-19(17-31)20-14-25(26(29)32)27(30-16-20)34-23-10-8-22(9-11-23)33-24-7-4-6-21(28)15-24/h3-11,14-16,19H,2,12-13,17H2,1H3,(H2,29,32)/b5-3+. The van der Waals surface area contributed by atoms with E-state index in [0.29, 0.717) is 17.2 Å². The Labute approximate surface area is 198 Å². The van der Waals surface area contributed by atoms with Crippen LogP contribution in [0, 0.1) is 5.82 Å². The fourth-order valence-electron chi connectivity index (χ4n) is 3.89. The van der Waals surface area contributed by atoms with E-state index in [2.05, 4.69) is 16.5 Å². The summed E-state index contributed by atoms with van der Waals surface area (Å²) in [5, 5.41) is 0. The van der Waals surface area contributed by atoms with Crippen LogP contribution < -0.4 is 15.2 Å². The van der Waals surface area contributed by atoms with Crippen molar-refractivity contribution in [3.05, 3.63) is 102 Å². The van der Waals surface area contributed by atoms with Crippen molar-refractivity contribution in [2.75, 3.05) is 13.1 Å². The van der Waals surface area contributed by atoms with Crippen LogP contribution in [0.1, 0.15) is 35.2 Å². The summed E-state index contributed by atoms with van der Waals surface area (Å²) in [4.78, 5) is 18.7. The van der Waals surface area contributed by atoms with Crippen molar-refractivity contribution in [2.45, 2.75) is 19.3 Å². The molecule has 34 heavy (non-hydrogen) atoms. The molecule has 174 valence electrons. The number of hydrogen-bond acceptors (Lipinski definition) is 5. The lowest BCUT2D eigenvalue weighted by molar-refractivity contribution is 0.0997. The number of likely N-dealkylation sites (tertiary alicyclic amines) is 1. The number of allylic oxidation sites excluding steroid dienone is 2. The van der Waals surface area contributed by atoms with Gasteiger partial charge in [0.1, 0.15) is 28.6 Å². The molecule has 3 aromatic rings. The molecular weight excluding hydrogens is 433 g/mol. The lowest BCUT2D eigenvalue weighted by atomic mass is 9.98. The molecule has 0 spiro atoms. The number of rotatable bonds is 8. The monoisotopic (exact) mass is 459 g/mol. The van der Waals surface area contributed by atoms with E-state index in [1.54, 1.807) is 48.7 Å². The summed E-state index contributed by atoms with van der Waals surface area (Å²) in [6.45, 7) is 7.75. The highest BCUT2D eigenvalue weighted by atomic mass is 19.1. The summed E-state index contributed by atoms with van der Waals surface area (Å²) >= 11 is 0. The van der Waals surface area contributed by atoms with Gasteiger partial charge < -0.3 is 20.1 Å². The molecule has 1 aromatic heterocycles. The number of carbonyl (C=O) groups is 1. The van der Waals surface area contributed by atoms with Gasteiger partial charge in [0.15, 0.2) is 0 Å². The van der Waals surface area contributed by atoms with Gasteiger partial charge in [-0.05, 0) is 67.4 Å². The van der Waals surface area contributed by atoms with Crippen molar-refractivity contribution >= 4 is 5.91 Å². The van der Waals surface area contributed by atoms with E-state index in [1.807, 2.05) is 19.1 Å². The van der Waals surface area contributed by atoms with Gasteiger partial charge >= 0.3 is 0 Å². The van der Waals surface area contributed by atoms with Crippen molar-refractivity contribution in [1.29, 1.82) is 0 Å². The number of nitrogens with zero attached hydrogens (tertiary/aromatic N) is 2. The van der Waals surface area contributed by atoms with Gasteiger partial charge in [-0.1, -0.05) is 18.7 Å². The van der Waals surface area contributed by atoms with Crippen LogP contribution >= 0.6 is 0 Å². The Kier molecular flexibility index (Phi) is 6.92. The lowest BCUT2D eigenvalue weighted by Crippen LogP contribution is -2.18. The van der Waals surface area contributed by atoms with Gasteiger partial charge in [0.05, 0.1) is 0 Å². The molecule has 0 saturated carbocycles. The molecule has 1 amide bonds. The van der Waals surface area contributed by atoms with Crippen LogP contribution in [-0.4, -0.2) is 28.9 Å².